The average Bonchev–Trinajstić information content (AvgIpc) is 2.55. The summed E-state index contributed by atoms with van der Waals surface area (Å²) in [6, 6.07) is 14.7. The summed E-state index contributed by atoms with van der Waals surface area (Å²) in [4.78, 5) is 12.6. The minimum atomic E-state index is -0.191. The van der Waals surface area contributed by atoms with Crippen LogP contribution < -0.4 is 14.8 Å². The van der Waals surface area contributed by atoms with Gasteiger partial charge in [-0.25, -0.2) is 0 Å². The number of rotatable bonds is 8. The molecule has 2 aromatic carbocycles. The summed E-state index contributed by atoms with van der Waals surface area (Å²) < 4.78 is 11.2. The van der Waals surface area contributed by atoms with Crippen molar-refractivity contribution in [2.45, 2.75) is 27.2 Å². The molecular weight excluding hydrogens is 302 g/mol. The topological polar surface area (TPSA) is 47.6 Å². The molecule has 0 radical (unpaired) electrons. The molecule has 0 spiro atoms. The second kappa shape index (κ2) is 8.96. The highest BCUT2D eigenvalue weighted by molar-refractivity contribution is 6.06. The first kappa shape index (κ1) is 17.9. The van der Waals surface area contributed by atoms with Gasteiger partial charge in [0.2, 0.25) is 0 Å². The van der Waals surface area contributed by atoms with Crippen molar-refractivity contribution >= 4 is 11.6 Å². The highest BCUT2D eigenvalue weighted by Gasteiger charge is 2.13. The van der Waals surface area contributed by atoms with Crippen molar-refractivity contribution in [1.82, 2.24) is 0 Å². The third kappa shape index (κ3) is 5.30. The van der Waals surface area contributed by atoms with Crippen LogP contribution in [0.5, 0.6) is 11.5 Å². The van der Waals surface area contributed by atoms with Crippen LogP contribution in [0.3, 0.4) is 0 Å². The summed E-state index contributed by atoms with van der Waals surface area (Å²) in [5.41, 5.74) is 1.23. The first-order chi connectivity index (χ1) is 11.6. The number of carbonyl (C=O) groups excluding carboxylic acids is 1. The van der Waals surface area contributed by atoms with Crippen molar-refractivity contribution < 1.29 is 14.3 Å². The number of carbonyl (C=O) groups is 1. The van der Waals surface area contributed by atoms with Crippen LogP contribution in [0.25, 0.3) is 0 Å². The Morgan fingerprint density at radius 1 is 1.08 bits per heavy atom. The van der Waals surface area contributed by atoms with Crippen LogP contribution >= 0.6 is 0 Å². The SMILES string of the molecule is CCOc1cccc(NC(=O)c2ccccc2OCCC(C)C)c1. The lowest BCUT2D eigenvalue weighted by Gasteiger charge is -2.13. The van der Waals surface area contributed by atoms with E-state index in [4.69, 9.17) is 9.47 Å². The van der Waals surface area contributed by atoms with E-state index in [9.17, 15) is 4.79 Å². The Hall–Kier alpha value is -2.49. The molecule has 4 heteroatoms. The zero-order chi connectivity index (χ0) is 17.4. The van der Waals surface area contributed by atoms with E-state index in [-0.39, 0.29) is 5.91 Å². The fraction of sp³-hybridized carbons (Fsp3) is 0.350. The molecule has 0 saturated carbocycles. The predicted molar refractivity (Wildman–Crippen MR) is 97.0 cm³/mol. The highest BCUT2D eigenvalue weighted by atomic mass is 16.5. The Balaban J connectivity index is 2.08. The predicted octanol–water partition coefficient (Wildman–Crippen LogP) is 4.76. The van der Waals surface area contributed by atoms with Crippen LogP contribution in [-0.4, -0.2) is 19.1 Å². The van der Waals surface area contributed by atoms with E-state index in [1.54, 1.807) is 6.07 Å². The van der Waals surface area contributed by atoms with E-state index in [1.165, 1.54) is 0 Å². The molecule has 2 rings (SSSR count). The van der Waals surface area contributed by atoms with Gasteiger partial charge in [0.1, 0.15) is 11.5 Å². The average molecular weight is 327 g/mol. The van der Waals surface area contributed by atoms with Gasteiger partial charge in [0.05, 0.1) is 18.8 Å². The molecule has 0 aliphatic carbocycles. The summed E-state index contributed by atoms with van der Waals surface area (Å²) in [7, 11) is 0. The Labute approximate surface area is 143 Å². The number of hydrogen-bond donors (Lipinski definition) is 1. The Bertz CT molecular complexity index is 667. The minimum Gasteiger partial charge on any atom is -0.494 e. The number of hydrogen-bond acceptors (Lipinski definition) is 3. The van der Waals surface area contributed by atoms with Gasteiger partial charge in [-0.05, 0) is 43.5 Å². The molecular formula is C20H25NO3. The third-order valence-electron chi connectivity index (χ3n) is 3.49. The Kier molecular flexibility index (Phi) is 6.67. The van der Waals surface area contributed by atoms with Crippen LogP contribution in [0.15, 0.2) is 48.5 Å². The standard InChI is InChI=1S/C20H25NO3/c1-4-23-17-9-7-8-16(14-17)21-20(22)18-10-5-6-11-19(18)24-13-12-15(2)3/h5-11,14-15H,4,12-13H2,1-3H3,(H,21,22). The van der Waals surface area contributed by atoms with Crippen LogP contribution in [0.4, 0.5) is 5.69 Å². The van der Waals surface area contributed by atoms with Gasteiger partial charge in [0.25, 0.3) is 5.91 Å². The van der Waals surface area contributed by atoms with Gasteiger partial charge in [-0.3, -0.25) is 4.79 Å². The van der Waals surface area contributed by atoms with Crippen LogP contribution in [0.1, 0.15) is 37.6 Å². The molecule has 0 atom stereocenters. The van der Waals surface area contributed by atoms with Crippen molar-refractivity contribution in [3.63, 3.8) is 0 Å². The molecule has 1 N–H and O–H groups in total. The number of benzene rings is 2. The van der Waals surface area contributed by atoms with Crippen molar-refractivity contribution in [2.75, 3.05) is 18.5 Å². The summed E-state index contributed by atoms with van der Waals surface area (Å²) >= 11 is 0. The van der Waals surface area contributed by atoms with Crippen molar-refractivity contribution in [3.05, 3.63) is 54.1 Å². The maximum absolute atomic E-state index is 12.6. The first-order valence-corrected chi connectivity index (χ1v) is 8.36. The zero-order valence-electron chi connectivity index (χ0n) is 14.5. The first-order valence-electron chi connectivity index (χ1n) is 8.36. The highest BCUT2D eigenvalue weighted by Crippen LogP contribution is 2.22. The van der Waals surface area contributed by atoms with E-state index >= 15 is 0 Å². The second-order valence-electron chi connectivity index (χ2n) is 5.94. The molecule has 4 nitrogen and oxygen atoms in total. The quantitative estimate of drug-likeness (QED) is 0.760. The summed E-state index contributed by atoms with van der Waals surface area (Å²) in [5, 5.41) is 2.90. The number of anilines is 1. The van der Waals surface area contributed by atoms with Crippen LogP contribution in [-0.2, 0) is 0 Å². The van der Waals surface area contributed by atoms with E-state index in [0.29, 0.717) is 36.1 Å². The van der Waals surface area contributed by atoms with E-state index in [1.807, 2.05) is 49.4 Å². The molecule has 128 valence electrons. The molecule has 2 aromatic rings. The van der Waals surface area contributed by atoms with E-state index in [2.05, 4.69) is 19.2 Å². The van der Waals surface area contributed by atoms with Gasteiger partial charge in [-0.1, -0.05) is 32.0 Å². The van der Waals surface area contributed by atoms with E-state index < -0.39 is 0 Å². The van der Waals surface area contributed by atoms with Crippen molar-refractivity contribution in [3.8, 4) is 11.5 Å². The normalized spacial score (nSPS) is 10.5. The molecule has 0 unspecified atom stereocenters. The van der Waals surface area contributed by atoms with Gasteiger partial charge in [-0.2, -0.15) is 0 Å². The maximum Gasteiger partial charge on any atom is 0.259 e. The molecule has 0 aliphatic rings. The fourth-order valence-electron chi connectivity index (χ4n) is 2.21. The van der Waals surface area contributed by atoms with Crippen molar-refractivity contribution in [2.24, 2.45) is 5.92 Å². The summed E-state index contributed by atoms with van der Waals surface area (Å²) in [6.45, 7) is 7.41. The molecule has 0 aliphatic heterocycles. The fourth-order valence-corrected chi connectivity index (χ4v) is 2.21. The lowest BCUT2D eigenvalue weighted by molar-refractivity contribution is 0.102. The number of ether oxygens (including phenoxy) is 2. The van der Waals surface area contributed by atoms with Crippen LogP contribution in [0.2, 0.25) is 0 Å². The number of para-hydroxylation sites is 1. The lowest BCUT2D eigenvalue weighted by atomic mass is 10.1. The monoisotopic (exact) mass is 327 g/mol. The molecule has 0 fully saturated rings. The molecule has 24 heavy (non-hydrogen) atoms. The molecule has 1 amide bonds. The van der Waals surface area contributed by atoms with Gasteiger partial charge >= 0.3 is 0 Å². The maximum atomic E-state index is 12.6. The smallest absolute Gasteiger partial charge is 0.259 e. The molecule has 0 saturated heterocycles. The van der Waals surface area contributed by atoms with Crippen molar-refractivity contribution in [1.29, 1.82) is 0 Å². The molecule has 0 aromatic heterocycles. The number of nitrogens with one attached hydrogen (secondary N) is 1. The molecule has 0 bridgehead atoms. The van der Waals surface area contributed by atoms with Crippen LogP contribution in [0, 0.1) is 5.92 Å². The minimum absolute atomic E-state index is 0.191. The van der Waals surface area contributed by atoms with Gasteiger partial charge < -0.3 is 14.8 Å². The van der Waals surface area contributed by atoms with E-state index in [0.717, 1.165) is 12.2 Å². The molecule has 0 heterocycles. The largest absolute Gasteiger partial charge is 0.494 e. The summed E-state index contributed by atoms with van der Waals surface area (Å²) in [6.07, 6.45) is 0.951. The summed E-state index contributed by atoms with van der Waals surface area (Å²) in [5.74, 6) is 1.71. The van der Waals surface area contributed by atoms with Gasteiger partial charge in [0, 0.05) is 11.8 Å². The Morgan fingerprint density at radius 3 is 2.62 bits per heavy atom. The number of amides is 1. The third-order valence-corrected chi connectivity index (χ3v) is 3.49. The Morgan fingerprint density at radius 2 is 1.88 bits per heavy atom. The zero-order valence-corrected chi connectivity index (χ0v) is 14.5. The lowest BCUT2D eigenvalue weighted by Crippen LogP contribution is -2.14. The van der Waals surface area contributed by atoms with Gasteiger partial charge in [-0.15, -0.1) is 0 Å². The second-order valence-corrected chi connectivity index (χ2v) is 5.94. The van der Waals surface area contributed by atoms with Gasteiger partial charge in [0.15, 0.2) is 0 Å².